The van der Waals surface area contributed by atoms with Gasteiger partial charge in [0.15, 0.2) is 0 Å². The van der Waals surface area contributed by atoms with Gasteiger partial charge in [-0.05, 0) is 18.1 Å². The van der Waals surface area contributed by atoms with E-state index in [0.717, 1.165) is 4.57 Å². The molecule has 0 saturated heterocycles. The Kier molecular flexibility index (Phi) is 2.17. The van der Waals surface area contributed by atoms with Crippen LogP contribution in [0.1, 0.15) is 12.9 Å². The number of nitrogens with zero attached hydrogens (tertiary/aromatic N) is 1. The summed E-state index contributed by atoms with van der Waals surface area (Å²) < 4.78 is 0.905. The number of hydrogen-bond donors (Lipinski definition) is 1. The van der Waals surface area contributed by atoms with Gasteiger partial charge in [-0.15, -0.1) is 0 Å². The van der Waals surface area contributed by atoms with Crippen molar-refractivity contribution in [1.82, 2.24) is 9.55 Å². The summed E-state index contributed by atoms with van der Waals surface area (Å²) >= 11 is 0. The Hall–Kier alpha value is -2.44. The molecule has 1 N–H and O–H groups in total. The molecule has 1 aromatic carbocycles. The molecule has 0 aliphatic carbocycles. The van der Waals surface area contributed by atoms with Gasteiger partial charge in [-0.2, -0.15) is 0 Å². The van der Waals surface area contributed by atoms with Crippen LogP contribution in [0, 0.1) is 0 Å². The van der Waals surface area contributed by atoms with Gasteiger partial charge in [0.1, 0.15) is 0 Å². The monoisotopic (exact) mass is 254 g/mol. The van der Waals surface area contributed by atoms with E-state index in [1.165, 1.54) is 19.1 Å². The predicted molar refractivity (Wildman–Crippen MR) is 71.7 cm³/mol. The van der Waals surface area contributed by atoms with Crippen LogP contribution in [0.5, 0.6) is 0 Å². The third-order valence-corrected chi connectivity index (χ3v) is 3.18. The summed E-state index contributed by atoms with van der Waals surface area (Å²) in [4.78, 5) is 49.2. The zero-order valence-corrected chi connectivity index (χ0v) is 9.89. The zero-order chi connectivity index (χ0) is 13.9. The largest absolute Gasteiger partial charge is 0.288 e. The van der Waals surface area contributed by atoms with Gasteiger partial charge in [-0.25, -0.2) is 0 Å². The molecule has 0 amide bonds. The summed E-state index contributed by atoms with van der Waals surface area (Å²) in [6.07, 6.45) is 0. The highest BCUT2D eigenvalue weighted by molar-refractivity contribution is 6.10. The fourth-order valence-electron chi connectivity index (χ4n) is 2.29. The Bertz CT molecular complexity index is 943. The van der Waals surface area contributed by atoms with Crippen LogP contribution < -0.4 is 22.2 Å². The Labute approximate surface area is 106 Å². The molecule has 92 valence electrons. The van der Waals surface area contributed by atoms with Gasteiger partial charge < -0.3 is 0 Å². The number of nitrogens with one attached hydrogen (secondary N) is 1. The average molecular weight is 254 g/mol. The van der Waals surface area contributed by atoms with E-state index >= 15 is 0 Å². The standard InChI is InChI=1S/C12H7BN2O4/c1-4(13)15-11(18)7-2-5-6(3-8(7)12(15)19)10(17)14-9(5)16/h2-4H,1H3,(H,14,16,17). The Morgan fingerprint density at radius 1 is 0.947 bits per heavy atom. The second kappa shape index (κ2) is 3.53. The molecule has 1 atom stereocenters. The molecule has 0 aliphatic rings. The molecule has 0 fully saturated rings. The second-order valence-corrected chi connectivity index (χ2v) is 4.45. The molecule has 1 unspecified atom stereocenters. The van der Waals surface area contributed by atoms with Crippen molar-refractivity contribution in [3.8, 4) is 0 Å². The third kappa shape index (κ3) is 1.38. The fourth-order valence-corrected chi connectivity index (χ4v) is 2.29. The minimum Gasteiger partial charge on any atom is -0.288 e. The average Bonchev–Trinajstić information content (AvgIpc) is 2.75. The Morgan fingerprint density at radius 2 is 1.37 bits per heavy atom. The van der Waals surface area contributed by atoms with Crippen molar-refractivity contribution < 1.29 is 0 Å². The van der Waals surface area contributed by atoms with Gasteiger partial charge in [0.25, 0.3) is 22.2 Å². The van der Waals surface area contributed by atoms with Crippen LogP contribution in [-0.2, 0) is 0 Å². The molecule has 7 heteroatoms. The lowest BCUT2D eigenvalue weighted by atomic mass is 9.99. The number of aromatic amines is 1. The lowest BCUT2D eigenvalue weighted by molar-refractivity contribution is 0.690. The van der Waals surface area contributed by atoms with Gasteiger partial charge in [-0.1, -0.05) is 6.92 Å². The van der Waals surface area contributed by atoms with Crippen LogP contribution in [0.25, 0.3) is 21.5 Å². The molecule has 19 heavy (non-hydrogen) atoms. The van der Waals surface area contributed by atoms with Crippen LogP contribution in [0.2, 0.25) is 0 Å². The molecule has 0 spiro atoms. The van der Waals surface area contributed by atoms with Crippen LogP contribution in [0.4, 0.5) is 0 Å². The summed E-state index contributed by atoms with van der Waals surface area (Å²) in [5.41, 5.74) is -2.24. The van der Waals surface area contributed by atoms with E-state index in [1.54, 1.807) is 0 Å². The van der Waals surface area contributed by atoms with Crippen molar-refractivity contribution in [2.45, 2.75) is 12.9 Å². The normalized spacial score (nSPS) is 13.3. The first-order valence-corrected chi connectivity index (χ1v) is 5.59. The van der Waals surface area contributed by atoms with Crippen molar-refractivity contribution in [2.24, 2.45) is 0 Å². The van der Waals surface area contributed by atoms with Gasteiger partial charge >= 0.3 is 0 Å². The topological polar surface area (TPSA) is 89.0 Å². The van der Waals surface area contributed by atoms with Crippen molar-refractivity contribution in [2.75, 3.05) is 0 Å². The maximum absolute atomic E-state index is 12.0. The van der Waals surface area contributed by atoms with Gasteiger partial charge in [0.05, 0.1) is 29.4 Å². The van der Waals surface area contributed by atoms with Gasteiger partial charge in [-0.3, -0.25) is 28.7 Å². The molecule has 2 radical (unpaired) electrons. The summed E-state index contributed by atoms with van der Waals surface area (Å²) in [5.74, 6) is -0.772. The number of H-pyrrole nitrogens is 1. The molecule has 0 bridgehead atoms. The van der Waals surface area contributed by atoms with Crippen molar-refractivity contribution in [3.63, 3.8) is 0 Å². The Morgan fingerprint density at radius 3 is 1.74 bits per heavy atom. The lowest BCUT2D eigenvalue weighted by Crippen LogP contribution is -2.28. The maximum Gasteiger partial charge on any atom is 0.261 e. The van der Waals surface area contributed by atoms with Crippen molar-refractivity contribution in [3.05, 3.63) is 53.5 Å². The predicted octanol–water partition coefficient (Wildman–Crippen LogP) is -0.874. The number of hydrogen-bond acceptors (Lipinski definition) is 4. The number of rotatable bonds is 1. The highest BCUT2D eigenvalue weighted by Crippen LogP contribution is 2.14. The molecular formula is C12H7BN2O4. The lowest BCUT2D eigenvalue weighted by Gasteiger charge is -2.02. The second-order valence-electron chi connectivity index (χ2n) is 4.45. The van der Waals surface area contributed by atoms with Gasteiger partial charge in [0, 0.05) is 0 Å². The quantitative estimate of drug-likeness (QED) is 0.571. The van der Waals surface area contributed by atoms with E-state index in [4.69, 9.17) is 7.85 Å². The molecule has 2 heterocycles. The first-order valence-electron chi connectivity index (χ1n) is 5.59. The minimum absolute atomic E-state index is 0.103. The highest BCUT2D eigenvalue weighted by atomic mass is 16.2. The summed E-state index contributed by atoms with van der Waals surface area (Å²) in [6.45, 7) is 1.51. The summed E-state index contributed by atoms with van der Waals surface area (Å²) in [5, 5.41) is 0.421. The maximum atomic E-state index is 12.0. The molecule has 0 aliphatic heterocycles. The van der Waals surface area contributed by atoms with E-state index in [9.17, 15) is 19.2 Å². The smallest absolute Gasteiger partial charge is 0.261 e. The van der Waals surface area contributed by atoms with Crippen LogP contribution in [-0.4, -0.2) is 17.4 Å². The van der Waals surface area contributed by atoms with E-state index < -0.39 is 28.2 Å². The number of aromatic nitrogens is 2. The molecular weight excluding hydrogens is 247 g/mol. The zero-order valence-electron chi connectivity index (χ0n) is 9.89. The van der Waals surface area contributed by atoms with E-state index in [0.29, 0.717) is 0 Å². The first-order chi connectivity index (χ1) is 8.91. The highest BCUT2D eigenvalue weighted by Gasteiger charge is 2.17. The number of fused-ring (bicyclic) bond motifs is 2. The summed E-state index contributed by atoms with van der Waals surface area (Å²) in [6, 6.07) is 2.54. The van der Waals surface area contributed by atoms with Crippen molar-refractivity contribution in [1.29, 1.82) is 0 Å². The number of benzene rings is 1. The molecule has 0 saturated carbocycles. The third-order valence-electron chi connectivity index (χ3n) is 3.18. The van der Waals surface area contributed by atoms with Crippen LogP contribution >= 0.6 is 0 Å². The minimum atomic E-state index is -0.772. The molecule has 3 aromatic rings. The van der Waals surface area contributed by atoms with Crippen LogP contribution in [0.15, 0.2) is 31.3 Å². The molecule has 2 aromatic heterocycles. The first kappa shape index (κ1) is 11.6. The van der Waals surface area contributed by atoms with Crippen LogP contribution in [0.3, 0.4) is 0 Å². The fraction of sp³-hybridized carbons (Fsp3) is 0.167. The summed E-state index contributed by atoms with van der Waals surface area (Å²) in [7, 11) is 5.57. The SMILES string of the molecule is [B]C(C)n1c(=O)c2cc3c(=O)[nH]c(=O)c3cc2c1=O. The molecule has 3 rings (SSSR count). The van der Waals surface area contributed by atoms with Crippen molar-refractivity contribution >= 4 is 29.4 Å². The molecule has 6 nitrogen and oxygen atoms in total. The van der Waals surface area contributed by atoms with E-state index in [2.05, 4.69) is 4.98 Å². The van der Waals surface area contributed by atoms with Gasteiger partial charge in [0.2, 0.25) is 0 Å². The van der Waals surface area contributed by atoms with E-state index in [1.807, 2.05) is 0 Å². The van der Waals surface area contributed by atoms with E-state index in [-0.39, 0.29) is 21.5 Å². The Balaban J connectivity index is 2.66.